The van der Waals surface area contributed by atoms with Crippen LogP contribution in [-0.4, -0.2) is 25.0 Å². The Bertz CT molecular complexity index is 811. The SMILES string of the molecule is CCOc1ccccc1OCCCC(=O)Nc1cc(NC(=O)CC)ccc1Cl. The number of carbonyl (C=O) groups excluding carboxylic acids is 2. The minimum Gasteiger partial charge on any atom is -0.490 e. The van der Waals surface area contributed by atoms with Crippen molar-refractivity contribution in [3.63, 3.8) is 0 Å². The average Bonchev–Trinajstić information content (AvgIpc) is 2.69. The number of benzene rings is 2. The topological polar surface area (TPSA) is 76.7 Å². The Morgan fingerprint density at radius 2 is 1.68 bits per heavy atom. The number of carbonyl (C=O) groups is 2. The van der Waals surface area contributed by atoms with Gasteiger partial charge in [-0.15, -0.1) is 0 Å². The van der Waals surface area contributed by atoms with E-state index >= 15 is 0 Å². The maximum Gasteiger partial charge on any atom is 0.224 e. The number of ether oxygens (including phenoxy) is 2. The first kappa shape index (κ1) is 21.6. The van der Waals surface area contributed by atoms with Crippen LogP contribution >= 0.6 is 11.6 Å². The van der Waals surface area contributed by atoms with Crippen LogP contribution in [0.15, 0.2) is 42.5 Å². The van der Waals surface area contributed by atoms with Gasteiger partial charge in [0.25, 0.3) is 0 Å². The molecule has 0 aromatic heterocycles. The fourth-order valence-corrected chi connectivity index (χ4v) is 2.58. The molecule has 150 valence electrons. The molecule has 0 aliphatic rings. The van der Waals surface area contributed by atoms with E-state index in [1.54, 1.807) is 25.1 Å². The van der Waals surface area contributed by atoms with Crippen LogP contribution in [0.5, 0.6) is 11.5 Å². The Morgan fingerprint density at radius 1 is 0.964 bits per heavy atom. The summed E-state index contributed by atoms with van der Waals surface area (Å²) in [5.74, 6) is 1.06. The highest BCUT2D eigenvalue weighted by Gasteiger charge is 2.09. The summed E-state index contributed by atoms with van der Waals surface area (Å²) in [5, 5.41) is 5.91. The highest BCUT2D eigenvalue weighted by molar-refractivity contribution is 6.33. The third kappa shape index (κ3) is 6.78. The monoisotopic (exact) mass is 404 g/mol. The maximum absolute atomic E-state index is 12.2. The molecule has 0 aliphatic heterocycles. The molecule has 0 aliphatic carbocycles. The molecule has 0 saturated carbocycles. The third-order valence-electron chi connectivity index (χ3n) is 3.80. The number of halogens is 1. The summed E-state index contributed by atoms with van der Waals surface area (Å²) < 4.78 is 11.2. The fraction of sp³-hybridized carbons (Fsp3) is 0.333. The van der Waals surface area contributed by atoms with E-state index in [0.29, 0.717) is 54.0 Å². The molecule has 0 bridgehead atoms. The Labute approximate surface area is 170 Å². The van der Waals surface area contributed by atoms with E-state index in [1.807, 2.05) is 31.2 Å². The molecule has 0 radical (unpaired) electrons. The van der Waals surface area contributed by atoms with E-state index in [2.05, 4.69) is 10.6 Å². The predicted octanol–water partition coefficient (Wildman–Crippen LogP) is 4.88. The smallest absolute Gasteiger partial charge is 0.224 e. The van der Waals surface area contributed by atoms with Crippen LogP contribution < -0.4 is 20.1 Å². The lowest BCUT2D eigenvalue weighted by molar-refractivity contribution is -0.117. The Hall–Kier alpha value is -2.73. The van der Waals surface area contributed by atoms with Crippen molar-refractivity contribution in [2.24, 2.45) is 0 Å². The summed E-state index contributed by atoms with van der Waals surface area (Å²) in [5.41, 5.74) is 1.05. The number of anilines is 2. The van der Waals surface area contributed by atoms with Crippen molar-refractivity contribution >= 4 is 34.8 Å². The molecule has 0 fully saturated rings. The van der Waals surface area contributed by atoms with Gasteiger partial charge in [0.15, 0.2) is 11.5 Å². The second-order valence-electron chi connectivity index (χ2n) is 5.98. The van der Waals surface area contributed by atoms with Gasteiger partial charge in [0.05, 0.1) is 23.9 Å². The predicted molar refractivity (Wildman–Crippen MR) is 111 cm³/mol. The summed E-state index contributed by atoms with van der Waals surface area (Å²) in [4.78, 5) is 23.7. The standard InChI is InChI=1S/C21H25ClN2O4/c1-3-20(25)23-15-11-12-16(22)17(14-15)24-21(26)10-7-13-28-19-9-6-5-8-18(19)27-4-2/h5-6,8-9,11-12,14H,3-4,7,10,13H2,1-2H3,(H,23,25)(H,24,26). The van der Waals surface area contributed by atoms with Crippen molar-refractivity contribution in [1.82, 2.24) is 0 Å². The number of para-hydroxylation sites is 2. The molecule has 0 unspecified atom stereocenters. The lowest BCUT2D eigenvalue weighted by Crippen LogP contribution is -2.14. The Balaban J connectivity index is 1.83. The molecule has 0 saturated heterocycles. The minimum atomic E-state index is -0.178. The zero-order chi connectivity index (χ0) is 20.4. The first-order valence-corrected chi connectivity index (χ1v) is 9.65. The number of nitrogens with one attached hydrogen (secondary N) is 2. The van der Waals surface area contributed by atoms with Gasteiger partial charge in [0.2, 0.25) is 11.8 Å². The Morgan fingerprint density at radius 3 is 2.36 bits per heavy atom. The van der Waals surface area contributed by atoms with Gasteiger partial charge in [0.1, 0.15) is 0 Å². The van der Waals surface area contributed by atoms with Gasteiger partial charge in [-0.1, -0.05) is 30.7 Å². The minimum absolute atomic E-state index is 0.107. The van der Waals surface area contributed by atoms with Crippen molar-refractivity contribution in [2.45, 2.75) is 33.1 Å². The van der Waals surface area contributed by atoms with Crippen LogP contribution in [0.4, 0.5) is 11.4 Å². The van der Waals surface area contributed by atoms with Crippen LogP contribution in [0.25, 0.3) is 0 Å². The Kier molecular flexibility index (Phi) is 8.62. The molecule has 2 aromatic carbocycles. The number of hydrogen-bond donors (Lipinski definition) is 2. The van der Waals surface area contributed by atoms with Gasteiger partial charge < -0.3 is 20.1 Å². The van der Waals surface area contributed by atoms with Crippen molar-refractivity contribution in [2.75, 3.05) is 23.8 Å². The largest absolute Gasteiger partial charge is 0.490 e. The molecule has 0 spiro atoms. The van der Waals surface area contributed by atoms with Gasteiger partial charge in [-0.3, -0.25) is 9.59 Å². The van der Waals surface area contributed by atoms with Crippen LogP contribution in [-0.2, 0) is 9.59 Å². The van der Waals surface area contributed by atoms with E-state index in [1.165, 1.54) is 0 Å². The highest BCUT2D eigenvalue weighted by Crippen LogP contribution is 2.27. The molecule has 0 atom stereocenters. The summed E-state index contributed by atoms with van der Waals surface area (Å²) in [6.45, 7) is 4.62. The lowest BCUT2D eigenvalue weighted by Gasteiger charge is -2.12. The summed E-state index contributed by atoms with van der Waals surface area (Å²) in [7, 11) is 0. The molecular formula is C21H25ClN2O4. The molecule has 2 rings (SSSR count). The third-order valence-corrected chi connectivity index (χ3v) is 4.13. The lowest BCUT2D eigenvalue weighted by atomic mass is 10.2. The van der Waals surface area contributed by atoms with Gasteiger partial charge in [-0.2, -0.15) is 0 Å². The number of rotatable bonds is 10. The number of hydrogen-bond acceptors (Lipinski definition) is 4. The van der Waals surface area contributed by atoms with E-state index in [-0.39, 0.29) is 18.2 Å². The quantitative estimate of drug-likeness (QED) is 0.553. The van der Waals surface area contributed by atoms with Crippen molar-refractivity contribution < 1.29 is 19.1 Å². The van der Waals surface area contributed by atoms with Crippen LogP contribution in [0.1, 0.15) is 33.1 Å². The highest BCUT2D eigenvalue weighted by atomic mass is 35.5. The molecule has 2 amide bonds. The van der Waals surface area contributed by atoms with E-state index in [0.717, 1.165) is 0 Å². The van der Waals surface area contributed by atoms with Crippen molar-refractivity contribution in [1.29, 1.82) is 0 Å². The van der Waals surface area contributed by atoms with E-state index in [4.69, 9.17) is 21.1 Å². The summed E-state index contributed by atoms with van der Waals surface area (Å²) in [6, 6.07) is 12.4. The summed E-state index contributed by atoms with van der Waals surface area (Å²) >= 11 is 6.13. The molecule has 7 heteroatoms. The van der Waals surface area contributed by atoms with Crippen LogP contribution in [0.3, 0.4) is 0 Å². The second-order valence-corrected chi connectivity index (χ2v) is 6.38. The maximum atomic E-state index is 12.2. The van der Waals surface area contributed by atoms with Crippen molar-refractivity contribution in [3.8, 4) is 11.5 Å². The zero-order valence-corrected chi connectivity index (χ0v) is 16.8. The zero-order valence-electron chi connectivity index (χ0n) is 16.1. The molecule has 0 heterocycles. The van der Waals surface area contributed by atoms with E-state index in [9.17, 15) is 9.59 Å². The molecular weight excluding hydrogens is 380 g/mol. The molecule has 2 N–H and O–H groups in total. The number of amides is 2. The van der Waals surface area contributed by atoms with Gasteiger partial charge >= 0.3 is 0 Å². The molecule has 2 aromatic rings. The van der Waals surface area contributed by atoms with Gasteiger partial charge in [0, 0.05) is 18.5 Å². The van der Waals surface area contributed by atoms with E-state index < -0.39 is 0 Å². The van der Waals surface area contributed by atoms with Crippen LogP contribution in [0.2, 0.25) is 5.02 Å². The second kappa shape index (κ2) is 11.2. The average molecular weight is 405 g/mol. The molecule has 28 heavy (non-hydrogen) atoms. The summed E-state index contributed by atoms with van der Waals surface area (Å²) in [6.07, 6.45) is 1.19. The molecule has 6 nitrogen and oxygen atoms in total. The van der Waals surface area contributed by atoms with Gasteiger partial charge in [-0.25, -0.2) is 0 Å². The first-order chi connectivity index (χ1) is 13.5. The van der Waals surface area contributed by atoms with Gasteiger partial charge in [-0.05, 0) is 43.7 Å². The van der Waals surface area contributed by atoms with Crippen LogP contribution in [0, 0.1) is 0 Å². The van der Waals surface area contributed by atoms with Crippen molar-refractivity contribution in [3.05, 3.63) is 47.5 Å². The fourth-order valence-electron chi connectivity index (χ4n) is 2.42. The first-order valence-electron chi connectivity index (χ1n) is 9.27. The normalized spacial score (nSPS) is 10.2.